The molecule has 0 aliphatic heterocycles. The molecule has 0 saturated heterocycles. The first kappa shape index (κ1) is 11.3. The zero-order valence-corrected chi connectivity index (χ0v) is 8.69. The number of benzene rings is 1. The number of carbonyl (C=O) groups excluding carboxylic acids is 1. The second kappa shape index (κ2) is 5.82. The van der Waals surface area contributed by atoms with E-state index in [1.54, 1.807) is 24.3 Å². The smallest absolute Gasteiger partial charge is 0.306 e. The van der Waals surface area contributed by atoms with Crippen LogP contribution in [-0.2, 0) is 16.1 Å². The molecule has 0 unspecified atom stereocenters. The SMILES string of the molecule is CCCC(=O)OCc1ccc(C#N)cc1. The second-order valence-corrected chi connectivity index (χ2v) is 3.22. The van der Waals surface area contributed by atoms with Gasteiger partial charge in [-0.15, -0.1) is 0 Å². The van der Waals surface area contributed by atoms with Crippen molar-refractivity contribution in [2.75, 3.05) is 0 Å². The van der Waals surface area contributed by atoms with Crippen molar-refractivity contribution in [3.05, 3.63) is 35.4 Å². The van der Waals surface area contributed by atoms with Gasteiger partial charge in [-0.2, -0.15) is 5.26 Å². The summed E-state index contributed by atoms with van der Waals surface area (Å²) in [6.45, 7) is 2.22. The summed E-state index contributed by atoms with van der Waals surface area (Å²) >= 11 is 0. The lowest BCUT2D eigenvalue weighted by Gasteiger charge is -2.03. The predicted octanol–water partition coefficient (Wildman–Crippen LogP) is 2.40. The standard InChI is InChI=1S/C12H13NO2/c1-2-3-12(14)15-9-11-6-4-10(8-13)5-7-11/h4-7H,2-3,9H2,1H3. The molecular weight excluding hydrogens is 190 g/mol. The molecule has 0 atom stereocenters. The van der Waals surface area contributed by atoms with Crippen molar-refractivity contribution in [3.63, 3.8) is 0 Å². The summed E-state index contributed by atoms with van der Waals surface area (Å²) in [6, 6.07) is 9.03. The minimum absolute atomic E-state index is 0.179. The Morgan fingerprint density at radius 2 is 2.07 bits per heavy atom. The summed E-state index contributed by atoms with van der Waals surface area (Å²) in [5.41, 5.74) is 1.51. The molecule has 3 heteroatoms. The quantitative estimate of drug-likeness (QED) is 0.706. The summed E-state index contributed by atoms with van der Waals surface area (Å²) in [5.74, 6) is -0.179. The molecule has 15 heavy (non-hydrogen) atoms. The van der Waals surface area contributed by atoms with Crippen molar-refractivity contribution < 1.29 is 9.53 Å². The number of ether oxygens (including phenoxy) is 1. The van der Waals surface area contributed by atoms with E-state index >= 15 is 0 Å². The van der Waals surface area contributed by atoms with Crippen LogP contribution in [0.1, 0.15) is 30.9 Å². The van der Waals surface area contributed by atoms with Gasteiger partial charge >= 0.3 is 5.97 Å². The van der Waals surface area contributed by atoms with Crippen LogP contribution in [0.3, 0.4) is 0 Å². The Bertz CT molecular complexity index is 362. The van der Waals surface area contributed by atoms with Gasteiger partial charge in [-0.1, -0.05) is 19.1 Å². The molecule has 0 aliphatic rings. The third-order valence-corrected chi connectivity index (χ3v) is 1.94. The maximum atomic E-state index is 11.1. The number of carbonyl (C=O) groups is 1. The number of hydrogen-bond acceptors (Lipinski definition) is 3. The molecule has 1 aromatic carbocycles. The van der Waals surface area contributed by atoms with Crippen molar-refractivity contribution in [1.82, 2.24) is 0 Å². The van der Waals surface area contributed by atoms with Crippen molar-refractivity contribution >= 4 is 5.97 Å². The highest BCUT2D eigenvalue weighted by atomic mass is 16.5. The summed E-state index contributed by atoms with van der Waals surface area (Å²) in [4.78, 5) is 11.1. The minimum Gasteiger partial charge on any atom is -0.461 e. The van der Waals surface area contributed by atoms with Crippen LogP contribution in [0.15, 0.2) is 24.3 Å². The van der Waals surface area contributed by atoms with Gasteiger partial charge in [-0.25, -0.2) is 0 Å². The molecule has 1 rings (SSSR count). The molecule has 0 amide bonds. The molecule has 0 saturated carbocycles. The molecule has 3 nitrogen and oxygen atoms in total. The van der Waals surface area contributed by atoms with Crippen LogP contribution >= 0.6 is 0 Å². The van der Waals surface area contributed by atoms with Gasteiger partial charge in [0, 0.05) is 6.42 Å². The van der Waals surface area contributed by atoms with Gasteiger partial charge in [-0.3, -0.25) is 4.79 Å². The molecule has 0 N–H and O–H groups in total. The van der Waals surface area contributed by atoms with Gasteiger partial charge in [0.1, 0.15) is 6.61 Å². The second-order valence-electron chi connectivity index (χ2n) is 3.22. The number of esters is 1. The third kappa shape index (κ3) is 3.82. The van der Waals surface area contributed by atoms with Crippen LogP contribution in [0.5, 0.6) is 0 Å². The van der Waals surface area contributed by atoms with Crippen LogP contribution < -0.4 is 0 Å². The maximum absolute atomic E-state index is 11.1. The molecule has 0 fully saturated rings. The van der Waals surface area contributed by atoms with E-state index in [-0.39, 0.29) is 12.6 Å². The van der Waals surface area contributed by atoms with E-state index in [4.69, 9.17) is 10.00 Å². The zero-order chi connectivity index (χ0) is 11.1. The van der Waals surface area contributed by atoms with Crippen LogP contribution in [0.25, 0.3) is 0 Å². The van der Waals surface area contributed by atoms with Crippen LogP contribution in [-0.4, -0.2) is 5.97 Å². The Balaban J connectivity index is 2.45. The molecule has 1 aromatic rings. The van der Waals surface area contributed by atoms with Crippen LogP contribution in [0, 0.1) is 11.3 Å². The van der Waals surface area contributed by atoms with Gasteiger partial charge in [0.15, 0.2) is 0 Å². The number of nitriles is 1. The first-order valence-corrected chi connectivity index (χ1v) is 4.91. The monoisotopic (exact) mass is 203 g/mol. The van der Waals surface area contributed by atoms with E-state index in [9.17, 15) is 4.79 Å². The fourth-order valence-corrected chi connectivity index (χ4v) is 1.12. The van der Waals surface area contributed by atoms with E-state index in [0.717, 1.165) is 12.0 Å². The van der Waals surface area contributed by atoms with E-state index in [1.807, 2.05) is 13.0 Å². The lowest BCUT2D eigenvalue weighted by atomic mass is 10.2. The van der Waals surface area contributed by atoms with Crippen LogP contribution in [0.4, 0.5) is 0 Å². The molecule has 0 bridgehead atoms. The highest BCUT2D eigenvalue weighted by Crippen LogP contribution is 2.05. The number of rotatable bonds is 4. The highest BCUT2D eigenvalue weighted by molar-refractivity contribution is 5.69. The maximum Gasteiger partial charge on any atom is 0.306 e. The number of nitrogens with zero attached hydrogens (tertiary/aromatic N) is 1. The van der Waals surface area contributed by atoms with Crippen molar-refractivity contribution in [2.45, 2.75) is 26.4 Å². The average molecular weight is 203 g/mol. The van der Waals surface area contributed by atoms with Crippen molar-refractivity contribution in [1.29, 1.82) is 5.26 Å². The summed E-state index contributed by atoms with van der Waals surface area (Å²) in [5, 5.41) is 8.58. The van der Waals surface area contributed by atoms with E-state index < -0.39 is 0 Å². The Morgan fingerprint density at radius 3 is 2.60 bits per heavy atom. The van der Waals surface area contributed by atoms with Gasteiger partial charge in [0.25, 0.3) is 0 Å². The van der Waals surface area contributed by atoms with Gasteiger partial charge in [0.2, 0.25) is 0 Å². The molecule has 0 radical (unpaired) electrons. The first-order valence-electron chi connectivity index (χ1n) is 4.91. The Labute approximate surface area is 89.3 Å². The molecule has 0 spiro atoms. The Morgan fingerprint density at radius 1 is 1.40 bits per heavy atom. The average Bonchev–Trinajstić information content (AvgIpc) is 2.27. The third-order valence-electron chi connectivity index (χ3n) is 1.94. The van der Waals surface area contributed by atoms with Crippen LogP contribution in [0.2, 0.25) is 0 Å². The topological polar surface area (TPSA) is 50.1 Å². The Hall–Kier alpha value is -1.82. The van der Waals surface area contributed by atoms with E-state index in [2.05, 4.69) is 0 Å². The molecule has 0 heterocycles. The lowest BCUT2D eigenvalue weighted by Crippen LogP contribution is -2.03. The molecule has 78 valence electrons. The van der Waals surface area contributed by atoms with Crippen molar-refractivity contribution in [2.24, 2.45) is 0 Å². The van der Waals surface area contributed by atoms with Gasteiger partial charge < -0.3 is 4.74 Å². The van der Waals surface area contributed by atoms with Gasteiger partial charge in [0.05, 0.1) is 11.6 Å². The zero-order valence-electron chi connectivity index (χ0n) is 8.69. The van der Waals surface area contributed by atoms with Crippen molar-refractivity contribution in [3.8, 4) is 6.07 Å². The molecule has 0 aromatic heterocycles. The van der Waals surface area contributed by atoms with E-state index in [0.29, 0.717) is 12.0 Å². The predicted molar refractivity (Wildman–Crippen MR) is 55.9 cm³/mol. The highest BCUT2D eigenvalue weighted by Gasteiger charge is 2.01. The fourth-order valence-electron chi connectivity index (χ4n) is 1.12. The summed E-state index contributed by atoms with van der Waals surface area (Å²) < 4.78 is 5.02. The minimum atomic E-state index is -0.179. The first-order chi connectivity index (χ1) is 7.26. The fraction of sp³-hybridized carbons (Fsp3) is 0.333. The largest absolute Gasteiger partial charge is 0.461 e. The molecular formula is C12H13NO2. The van der Waals surface area contributed by atoms with E-state index in [1.165, 1.54) is 0 Å². The summed E-state index contributed by atoms with van der Waals surface area (Å²) in [7, 11) is 0. The normalized spacial score (nSPS) is 9.33. The molecule has 0 aliphatic carbocycles. The lowest BCUT2D eigenvalue weighted by molar-refractivity contribution is -0.144. The number of hydrogen-bond donors (Lipinski definition) is 0. The summed E-state index contributed by atoms with van der Waals surface area (Å²) in [6.07, 6.45) is 1.25. The Kier molecular flexibility index (Phi) is 4.36. The van der Waals surface area contributed by atoms with Gasteiger partial charge in [-0.05, 0) is 24.1 Å².